The van der Waals surface area contributed by atoms with Crippen molar-refractivity contribution in [3.63, 3.8) is 0 Å². The van der Waals surface area contributed by atoms with E-state index >= 15 is 17.6 Å². The van der Waals surface area contributed by atoms with Crippen LogP contribution in [0.5, 0.6) is 0 Å². The molecule has 0 atom stereocenters. The van der Waals surface area contributed by atoms with Crippen molar-refractivity contribution in [1.82, 2.24) is 0 Å². The first-order valence-electron chi connectivity index (χ1n) is 13.0. The summed E-state index contributed by atoms with van der Waals surface area (Å²) in [7, 11) is 0. The van der Waals surface area contributed by atoms with E-state index < -0.39 is 74.7 Å². The Bertz CT molecular complexity index is 2080. The minimum absolute atomic E-state index is 0.242. The summed E-state index contributed by atoms with van der Waals surface area (Å²) in [4.78, 5) is 0.209. The number of rotatable bonds is 2. The average Bonchev–Trinajstić information content (AvgIpc) is 3.78. The molecule has 0 aliphatic heterocycles. The van der Waals surface area contributed by atoms with Crippen LogP contribution in [0.1, 0.15) is 20.9 Å². The third-order valence-corrected chi connectivity index (χ3v) is 10.8. The summed E-state index contributed by atoms with van der Waals surface area (Å²) in [6.45, 7) is 0. The Kier molecular flexibility index (Phi) is 5.80. The molecule has 0 unspecified atom stereocenters. The maximum absolute atomic E-state index is 15.0. The van der Waals surface area contributed by atoms with Crippen LogP contribution in [0.25, 0.3) is 43.1 Å². The van der Waals surface area contributed by atoms with Gasteiger partial charge in [-0.05, 0) is 45.5 Å². The standard InChI is InChI=1S/C33H10F10S2/c34-21-19(22(35)26(39)29(42)25(21)38)17-9-13-14-10-18(20-23(36)27(40)30(43)28(41)24(20)37)45-32(14)33(31(13)44-17)15-7-3-1-5-11(15)12-6-2-4-8-16(12)33/h1-10H. The molecule has 8 rings (SSSR count). The van der Waals surface area contributed by atoms with Crippen molar-refractivity contribution in [3.05, 3.63) is 140 Å². The Morgan fingerprint density at radius 3 is 1.04 bits per heavy atom. The van der Waals surface area contributed by atoms with E-state index in [0.29, 0.717) is 20.9 Å². The molecule has 45 heavy (non-hydrogen) atoms. The summed E-state index contributed by atoms with van der Waals surface area (Å²) in [5.74, 6) is -21.3. The van der Waals surface area contributed by atoms with Crippen LogP contribution in [0, 0.1) is 58.2 Å². The average molecular weight is 661 g/mol. The van der Waals surface area contributed by atoms with E-state index in [-0.39, 0.29) is 20.9 Å². The number of thiophene rings is 2. The summed E-state index contributed by atoms with van der Waals surface area (Å²) < 4.78 is 145. The van der Waals surface area contributed by atoms with Crippen LogP contribution in [-0.2, 0) is 5.41 Å². The lowest BCUT2D eigenvalue weighted by Gasteiger charge is -2.28. The first-order valence-corrected chi connectivity index (χ1v) is 14.6. The quantitative estimate of drug-likeness (QED) is 0.0984. The minimum atomic E-state index is -2.32. The smallest absolute Gasteiger partial charge is 0.200 e. The highest BCUT2D eigenvalue weighted by atomic mass is 32.1. The summed E-state index contributed by atoms with van der Waals surface area (Å²) in [5.41, 5.74) is -0.370. The van der Waals surface area contributed by atoms with E-state index in [9.17, 15) is 26.3 Å². The Morgan fingerprint density at radius 2 is 0.689 bits per heavy atom. The minimum Gasteiger partial charge on any atom is -0.203 e. The molecule has 6 aromatic rings. The fourth-order valence-electron chi connectivity index (χ4n) is 6.46. The second-order valence-electron chi connectivity index (χ2n) is 10.4. The van der Waals surface area contributed by atoms with Crippen LogP contribution in [0.3, 0.4) is 0 Å². The van der Waals surface area contributed by atoms with E-state index in [1.54, 1.807) is 36.4 Å². The first kappa shape index (κ1) is 28.1. The van der Waals surface area contributed by atoms with E-state index in [2.05, 4.69) is 0 Å². The number of hydrogen-bond donors (Lipinski definition) is 0. The molecule has 4 aromatic carbocycles. The maximum Gasteiger partial charge on any atom is 0.200 e. The molecule has 12 heteroatoms. The molecule has 0 N–H and O–H groups in total. The SMILES string of the molecule is Fc1c(F)c(F)c(-c2cc3c(s2)C2(c4ccccc4-c4ccccc42)c2sc(-c4c(F)c(F)c(F)c(F)c4F)cc2-3)c(F)c1F. The maximum atomic E-state index is 15.0. The Morgan fingerprint density at radius 1 is 0.378 bits per heavy atom. The lowest BCUT2D eigenvalue weighted by Crippen LogP contribution is -2.23. The zero-order chi connectivity index (χ0) is 31.7. The van der Waals surface area contributed by atoms with Gasteiger partial charge in [0.1, 0.15) is 0 Å². The van der Waals surface area contributed by atoms with Gasteiger partial charge in [-0.1, -0.05) is 48.5 Å². The van der Waals surface area contributed by atoms with Crippen LogP contribution < -0.4 is 0 Å². The second kappa shape index (κ2) is 9.30. The largest absolute Gasteiger partial charge is 0.203 e. The van der Waals surface area contributed by atoms with Crippen LogP contribution in [0.15, 0.2) is 60.7 Å². The number of hydrogen-bond acceptors (Lipinski definition) is 2. The third-order valence-electron chi connectivity index (χ3n) is 8.30. The lowest BCUT2D eigenvalue weighted by atomic mass is 9.78. The van der Waals surface area contributed by atoms with Crippen molar-refractivity contribution in [2.24, 2.45) is 0 Å². The molecule has 0 saturated carbocycles. The van der Waals surface area contributed by atoms with Crippen molar-refractivity contribution in [2.75, 3.05) is 0 Å². The third kappa shape index (κ3) is 3.33. The molecule has 0 nitrogen and oxygen atoms in total. The van der Waals surface area contributed by atoms with Crippen molar-refractivity contribution in [3.8, 4) is 43.1 Å². The van der Waals surface area contributed by atoms with Gasteiger partial charge in [0.05, 0.1) is 16.5 Å². The normalized spacial score (nSPS) is 13.7. The summed E-state index contributed by atoms with van der Waals surface area (Å²) in [5, 5.41) is 0. The number of fused-ring (bicyclic) bond motifs is 10. The van der Waals surface area contributed by atoms with Crippen molar-refractivity contribution >= 4 is 22.7 Å². The Labute approximate surface area is 254 Å². The molecule has 2 heterocycles. The van der Waals surface area contributed by atoms with Crippen LogP contribution in [0.2, 0.25) is 0 Å². The lowest BCUT2D eigenvalue weighted by molar-refractivity contribution is 0.381. The summed E-state index contributed by atoms with van der Waals surface area (Å²) in [6, 6.07) is 16.6. The number of halogens is 10. The van der Waals surface area contributed by atoms with E-state index in [0.717, 1.165) is 33.8 Å². The van der Waals surface area contributed by atoms with Crippen molar-refractivity contribution in [2.45, 2.75) is 5.41 Å². The van der Waals surface area contributed by atoms with Gasteiger partial charge in [-0.2, -0.15) is 0 Å². The fraction of sp³-hybridized carbons (Fsp3) is 0.0303. The summed E-state index contributed by atoms with van der Waals surface area (Å²) in [6.07, 6.45) is 0. The van der Waals surface area contributed by atoms with Crippen LogP contribution >= 0.6 is 22.7 Å². The highest BCUT2D eigenvalue weighted by molar-refractivity contribution is 7.19. The van der Waals surface area contributed by atoms with Gasteiger partial charge in [0.25, 0.3) is 0 Å². The molecule has 1 spiro atoms. The van der Waals surface area contributed by atoms with E-state index in [4.69, 9.17) is 0 Å². The van der Waals surface area contributed by atoms with Gasteiger partial charge >= 0.3 is 0 Å². The first-order chi connectivity index (χ1) is 21.5. The molecule has 2 aliphatic rings. The zero-order valence-electron chi connectivity index (χ0n) is 21.9. The van der Waals surface area contributed by atoms with Gasteiger partial charge in [-0.25, -0.2) is 43.9 Å². The Balaban J connectivity index is 1.49. The zero-order valence-corrected chi connectivity index (χ0v) is 23.5. The predicted molar refractivity (Wildman–Crippen MR) is 149 cm³/mol. The summed E-state index contributed by atoms with van der Waals surface area (Å²) >= 11 is 1.56. The monoisotopic (exact) mass is 660 g/mol. The van der Waals surface area contributed by atoms with Crippen LogP contribution in [0.4, 0.5) is 43.9 Å². The van der Waals surface area contributed by atoms with Gasteiger partial charge in [-0.3, -0.25) is 0 Å². The predicted octanol–water partition coefficient (Wildman–Crippen LogP) is 10.9. The second-order valence-corrected chi connectivity index (χ2v) is 12.5. The molecule has 2 aromatic heterocycles. The van der Waals surface area contributed by atoms with Gasteiger partial charge in [0.2, 0.25) is 11.6 Å². The van der Waals surface area contributed by atoms with Gasteiger partial charge in [-0.15, -0.1) is 22.7 Å². The molecule has 0 radical (unpaired) electrons. The molecule has 0 saturated heterocycles. The highest BCUT2D eigenvalue weighted by Crippen LogP contribution is 2.67. The van der Waals surface area contributed by atoms with E-state index in [1.165, 1.54) is 12.1 Å². The molecule has 0 fully saturated rings. The number of benzene rings is 4. The van der Waals surface area contributed by atoms with E-state index in [1.807, 2.05) is 12.1 Å². The molecule has 2 aliphatic carbocycles. The molecular weight excluding hydrogens is 650 g/mol. The molecule has 0 amide bonds. The van der Waals surface area contributed by atoms with Gasteiger partial charge in [0.15, 0.2) is 46.5 Å². The molecule has 224 valence electrons. The molecular formula is C33H10F10S2. The van der Waals surface area contributed by atoms with Gasteiger partial charge < -0.3 is 0 Å². The van der Waals surface area contributed by atoms with Crippen molar-refractivity contribution < 1.29 is 43.9 Å². The van der Waals surface area contributed by atoms with Crippen LogP contribution in [-0.4, -0.2) is 0 Å². The topological polar surface area (TPSA) is 0 Å². The van der Waals surface area contributed by atoms with Gasteiger partial charge in [0, 0.05) is 19.5 Å². The highest BCUT2D eigenvalue weighted by Gasteiger charge is 2.54. The molecule has 0 bridgehead atoms. The Hall–Kier alpha value is -4.42. The fourth-order valence-corrected chi connectivity index (χ4v) is 9.38. The van der Waals surface area contributed by atoms with Crippen molar-refractivity contribution in [1.29, 1.82) is 0 Å².